The second-order valence-corrected chi connectivity index (χ2v) is 9.98. The Morgan fingerprint density at radius 1 is 1.19 bits per heavy atom. The van der Waals surface area contributed by atoms with Crippen LogP contribution in [0.5, 0.6) is 5.75 Å². The highest BCUT2D eigenvalue weighted by atomic mass is 16.3. The van der Waals surface area contributed by atoms with Crippen molar-refractivity contribution in [2.24, 2.45) is 17.6 Å². The zero-order chi connectivity index (χ0) is 27.3. The maximum atomic E-state index is 13.8. The number of phenolic OH excluding ortho intramolecular Hbond substituents is 1. The molecule has 4 atom stereocenters. The number of hydrogen-bond acceptors (Lipinski definition) is 10. The van der Waals surface area contributed by atoms with Gasteiger partial charge in [-0.2, -0.15) is 0 Å². The maximum Gasteiger partial charge on any atom is 0.225 e. The van der Waals surface area contributed by atoms with Crippen molar-refractivity contribution >= 4 is 28.9 Å². The largest absolute Gasteiger partial charge is 0.508 e. The highest BCUT2D eigenvalue weighted by molar-refractivity contribution is 6.17. The first kappa shape index (κ1) is 27.3. The fourth-order valence-electron chi connectivity index (χ4n) is 5.56. The third-order valence-corrected chi connectivity index (χ3v) is 7.34. The molecule has 0 bridgehead atoms. The smallest absolute Gasteiger partial charge is 0.225 e. The second-order valence-electron chi connectivity index (χ2n) is 9.98. The summed E-state index contributed by atoms with van der Waals surface area (Å²) in [5, 5.41) is 43.9. The number of aliphatic hydroxyl groups is 3. The van der Waals surface area contributed by atoms with Gasteiger partial charge in [-0.3, -0.25) is 19.2 Å². The Bertz CT molecular complexity index is 1170. The summed E-state index contributed by atoms with van der Waals surface area (Å²) in [6, 6.07) is 0.690. The predicted molar refractivity (Wildman–Crippen MR) is 130 cm³/mol. The lowest BCUT2D eigenvalue weighted by molar-refractivity contribution is -0.151. The van der Waals surface area contributed by atoms with Crippen LogP contribution in [0.4, 0.5) is 5.69 Å². The molecule has 0 heterocycles. The first-order valence-electron chi connectivity index (χ1n) is 11.5. The van der Waals surface area contributed by atoms with E-state index in [0.717, 1.165) is 0 Å². The molecule has 3 rings (SSSR count). The van der Waals surface area contributed by atoms with E-state index in [1.807, 2.05) is 0 Å². The number of amides is 1. The summed E-state index contributed by atoms with van der Waals surface area (Å²) >= 11 is 0. The molecule has 0 aromatic heterocycles. The first-order chi connectivity index (χ1) is 16.7. The fourth-order valence-corrected chi connectivity index (χ4v) is 5.56. The summed E-state index contributed by atoms with van der Waals surface area (Å²) in [7, 11) is 6.71. The molecule has 0 saturated heterocycles. The molecule has 0 aliphatic heterocycles. The van der Waals surface area contributed by atoms with E-state index < -0.39 is 71.3 Å². The van der Waals surface area contributed by atoms with Gasteiger partial charge in [0.25, 0.3) is 0 Å². The first-order valence-corrected chi connectivity index (χ1v) is 11.5. The summed E-state index contributed by atoms with van der Waals surface area (Å²) in [6.07, 6.45) is -0.727. The molecule has 0 saturated carbocycles. The molecule has 1 aromatic rings. The average Bonchev–Trinajstić information content (AvgIpc) is 2.76. The number of nitrogens with two attached hydrogens (primary N) is 1. The number of rotatable bonds is 8. The Balaban J connectivity index is 2.33. The van der Waals surface area contributed by atoms with Crippen molar-refractivity contribution in [2.75, 3.05) is 39.7 Å². The Labute approximate surface area is 208 Å². The van der Waals surface area contributed by atoms with E-state index >= 15 is 0 Å². The molecule has 196 valence electrons. The average molecular weight is 504 g/mol. The molecule has 36 heavy (non-hydrogen) atoms. The molecule has 2 aliphatic rings. The predicted octanol–water partition coefficient (Wildman–Crippen LogP) is -0.0541. The lowest BCUT2D eigenvalue weighted by Gasteiger charge is -2.47. The molecule has 0 fully saturated rings. The summed E-state index contributed by atoms with van der Waals surface area (Å²) in [4.78, 5) is 53.9. The van der Waals surface area contributed by atoms with Gasteiger partial charge in [0.1, 0.15) is 11.5 Å². The molecule has 1 aromatic carbocycles. The molecular weight excluding hydrogens is 470 g/mol. The highest BCUT2D eigenvalue weighted by Crippen LogP contribution is 2.51. The molecule has 11 heteroatoms. The zero-order valence-corrected chi connectivity index (χ0v) is 21.0. The number of phenols is 1. The molecule has 2 aliphatic carbocycles. The van der Waals surface area contributed by atoms with Crippen LogP contribution in [0.2, 0.25) is 0 Å². The monoisotopic (exact) mass is 503 g/mol. The van der Waals surface area contributed by atoms with Gasteiger partial charge in [0, 0.05) is 37.3 Å². The van der Waals surface area contributed by atoms with Crippen LogP contribution in [0.15, 0.2) is 17.4 Å². The minimum absolute atomic E-state index is 0.0110. The number of Topliss-reactive ketones (excluding diaryl/α,β-unsaturated/α-hetero) is 3. The van der Waals surface area contributed by atoms with Gasteiger partial charge in [-0.25, -0.2) is 0 Å². The minimum atomic E-state index is -2.68. The van der Waals surface area contributed by atoms with Crippen molar-refractivity contribution in [3.63, 3.8) is 0 Å². The van der Waals surface area contributed by atoms with E-state index in [0.29, 0.717) is 11.3 Å². The number of anilines is 1. The van der Waals surface area contributed by atoms with E-state index in [2.05, 4.69) is 0 Å². The van der Waals surface area contributed by atoms with Gasteiger partial charge in [0.15, 0.2) is 23.0 Å². The Morgan fingerprint density at radius 3 is 2.28 bits per heavy atom. The quantitative estimate of drug-likeness (QED) is 0.238. The van der Waals surface area contributed by atoms with Crippen molar-refractivity contribution in [1.29, 1.82) is 0 Å². The molecule has 6 N–H and O–H groups in total. The second kappa shape index (κ2) is 9.64. The number of nitrogens with zero attached hydrogens (tertiary/aromatic N) is 2. The van der Waals surface area contributed by atoms with Crippen molar-refractivity contribution in [1.82, 2.24) is 4.90 Å². The molecule has 1 amide bonds. The van der Waals surface area contributed by atoms with E-state index in [-0.39, 0.29) is 29.5 Å². The summed E-state index contributed by atoms with van der Waals surface area (Å²) in [6.45, 7) is 0.770. The van der Waals surface area contributed by atoms with Crippen LogP contribution in [0.1, 0.15) is 46.0 Å². The molecule has 0 unspecified atom stereocenters. The van der Waals surface area contributed by atoms with Crippen LogP contribution < -0.4 is 10.6 Å². The van der Waals surface area contributed by atoms with E-state index in [1.165, 1.54) is 13.0 Å². The lowest BCUT2D eigenvalue weighted by Crippen LogP contribution is -2.60. The van der Waals surface area contributed by atoms with Crippen molar-refractivity contribution in [2.45, 2.75) is 37.8 Å². The standard InChI is InChI=1S/C25H33N3O8/c1-11(30)13-8-16(27(2)3)14-6-12-7-15(17(10-29)28(4)5)25(36,18(31)9-19(26)32)24(35)20(12)23(34)21(14)22(13)33/h8,12,15,17,29,33,35-36H,6-7,9-10H2,1-5H3,(H2,26,32)/t12-,15-,17+,25+/m0/s1. The number of allylic oxidation sites excluding steroid dienone is 1. The van der Waals surface area contributed by atoms with E-state index in [9.17, 15) is 39.6 Å². The maximum absolute atomic E-state index is 13.8. The number of benzene rings is 1. The number of carbonyl (C=O) groups is 4. The van der Waals surface area contributed by atoms with Gasteiger partial charge in [0.05, 0.1) is 24.2 Å². The van der Waals surface area contributed by atoms with Crippen LogP contribution in [0.3, 0.4) is 0 Å². The SMILES string of the molecule is CC(=O)c1cc(N(C)C)c2c(c1O)C(=O)C1=C(O)[C@](O)(C(=O)CC(N)=O)[C@H]([C@@H](CO)N(C)C)C[C@@H]1C2. The minimum Gasteiger partial charge on any atom is -0.508 e. The summed E-state index contributed by atoms with van der Waals surface area (Å²) in [5.41, 5.74) is 2.98. The Kier molecular flexibility index (Phi) is 7.31. The molecular formula is C25H33N3O8. The number of carbonyl (C=O) groups excluding carboxylic acids is 4. The van der Waals surface area contributed by atoms with Crippen LogP contribution in [-0.2, 0) is 16.0 Å². The molecule has 11 nitrogen and oxygen atoms in total. The van der Waals surface area contributed by atoms with Gasteiger partial charge in [-0.15, -0.1) is 0 Å². The van der Waals surface area contributed by atoms with Gasteiger partial charge >= 0.3 is 0 Å². The van der Waals surface area contributed by atoms with E-state index in [4.69, 9.17) is 5.73 Å². The van der Waals surface area contributed by atoms with Crippen molar-refractivity contribution in [3.8, 4) is 5.75 Å². The number of fused-ring (bicyclic) bond motifs is 2. The van der Waals surface area contributed by atoms with Crippen LogP contribution in [0, 0.1) is 11.8 Å². The number of likely N-dealkylation sites (N-methyl/N-ethyl adjacent to an activating group) is 1. The van der Waals surface area contributed by atoms with Gasteiger partial charge < -0.3 is 36.0 Å². The summed E-state index contributed by atoms with van der Waals surface area (Å²) < 4.78 is 0. The van der Waals surface area contributed by atoms with E-state index in [1.54, 1.807) is 38.0 Å². The van der Waals surface area contributed by atoms with Crippen molar-refractivity contribution < 1.29 is 39.6 Å². The van der Waals surface area contributed by atoms with Gasteiger partial charge in [0.2, 0.25) is 5.91 Å². The van der Waals surface area contributed by atoms with Crippen LogP contribution in [-0.4, -0.2) is 95.0 Å². The Hall–Kier alpha value is -3.28. The summed E-state index contributed by atoms with van der Waals surface area (Å²) in [5.74, 6) is -6.65. The number of ketones is 3. The normalized spacial score (nSPS) is 24.3. The third kappa shape index (κ3) is 4.16. The zero-order valence-electron chi connectivity index (χ0n) is 21.0. The number of aliphatic hydroxyl groups excluding tert-OH is 2. The third-order valence-electron chi connectivity index (χ3n) is 7.34. The topological polar surface area (TPSA) is 182 Å². The van der Waals surface area contributed by atoms with Gasteiger partial charge in [-0.05, 0) is 51.4 Å². The number of primary amides is 1. The van der Waals surface area contributed by atoms with Gasteiger partial charge in [-0.1, -0.05) is 0 Å². The molecule has 0 radical (unpaired) electrons. The van der Waals surface area contributed by atoms with Crippen LogP contribution in [0.25, 0.3) is 0 Å². The number of aromatic hydroxyl groups is 1. The van der Waals surface area contributed by atoms with Crippen LogP contribution >= 0.6 is 0 Å². The number of hydrogen-bond donors (Lipinski definition) is 5. The fraction of sp³-hybridized carbons (Fsp3) is 0.520. The lowest BCUT2D eigenvalue weighted by atomic mass is 9.61. The van der Waals surface area contributed by atoms with Crippen molar-refractivity contribution in [3.05, 3.63) is 34.1 Å². The highest BCUT2D eigenvalue weighted by Gasteiger charge is 2.58. The Morgan fingerprint density at radius 2 is 1.81 bits per heavy atom. The molecule has 0 spiro atoms.